The number of nitrogen functional groups attached to an aromatic ring is 1. The zero-order valence-electron chi connectivity index (χ0n) is 12.4. The van der Waals surface area contributed by atoms with Gasteiger partial charge in [-0.2, -0.15) is 0 Å². The molecule has 19 heavy (non-hydrogen) atoms. The lowest BCUT2D eigenvalue weighted by Gasteiger charge is -2.34. The molecular formula is C15H24N2O2. The van der Waals surface area contributed by atoms with Crippen molar-refractivity contribution in [2.24, 2.45) is 0 Å². The Hall–Kier alpha value is -1.55. The third-order valence-electron chi connectivity index (χ3n) is 3.21. The summed E-state index contributed by atoms with van der Waals surface area (Å²) in [5.41, 5.74) is 6.69. The molecule has 4 heteroatoms. The fourth-order valence-electron chi connectivity index (χ4n) is 1.81. The zero-order valence-corrected chi connectivity index (χ0v) is 12.4. The predicted molar refractivity (Wildman–Crippen MR) is 77.6 cm³/mol. The summed E-state index contributed by atoms with van der Waals surface area (Å²) in [5.74, 6) is -0.0209. The van der Waals surface area contributed by atoms with Crippen molar-refractivity contribution in [2.45, 2.75) is 45.9 Å². The number of amides is 1. The third kappa shape index (κ3) is 3.96. The van der Waals surface area contributed by atoms with Crippen LogP contribution >= 0.6 is 0 Å². The van der Waals surface area contributed by atoms with E-state index in [4.69, 9.17) is 10.5 Å². The molecule has 0 saturated heterocycles. The first-order valence-corrected chi connectivity index (χ1v) is 6.48. The summed E-state index contributed by atoms with van der Waals surface area (Å²) in [6.45, 7) is 8.09. The van der Waals surface area contributed by atoms with Crippen molar-refractivity contribution >= 4 is 11.6 Å². The number of ether oxygens (including phenoxy) is 1. The molecule has 1 aromatic rings. The minimum atomic E-state index is -0.815. The van der Waals surface area contributed by atoms with Crippen LogP contribution in [-0.2, 0) is 16.1 Å². The van der Waals surface area contributed by atoms with E-state index < -0.39 is 5.60 Å². The Labute approximate surface area is 115 Å². The van der Waals surface area contributed by atoms with Crippen LogP contribution in [0, 0.1) is 0 Å². The average Bonchev–Trinajstić information content (AvgIpc) is 2.35. The Kier molecular flexibility index (Phi) is 4.95. The van der Waals surface area contributed by atoms with Gasteiger partial charge in [-0.15, -0.1) is 0 Å². The fourth-order valence-corrected chi connectivity index (χ4v) is 1.81. The van der Waals surface area contributed by atoms with Crippen LogP contribution in [0.3, 0.4) is 0 Å². The van der Waals surface area contributed by atoms with Crippen molar-refractivity contribution in [1.82, 2.24) is 4.90 Å². The van der Waals surface area contributed by atoms with Crippen LogP contribution in [0.1, 0.15) is 33.3 Å². The second kappa shape index (κ2) is 6.06. The van der Waals surface area contributed by atoms with Crippen molar-refractivity contribution in [1.29, 1.82) is 0 Å². The van der Waals surface area contributed by atoms with E-state index >= 15 is 0 Å². The van der Waals surface area contributed by atoms with E-state index in [1.54, 1.807) is 25.9 Å². The Morgan fingerprint density at radius 3 is 2.53 bits per heavy atom. The molecule has 2 N–H and O–H groups in total. The van der Waals surface area contributed by atoms with Gasteiger partial charge in [0.1, 0.15) is 5.60 Å². The lowest BCUT2D eigenvalue weighted by Crippen LogP contribution is -2.48. The van der Waals surface area contributed by atoms with Gasteiger partial charge >= 0.3 is 0 Å². The minimum Gasteiger partial charge on any atom is -0.399 e. The largest absolute Gasteiger partial charge is 0.399 e. The molecule has 0 atom stereocenters. The predicted octanol–water partition coefficient (Wildman–Crippen LogP) is 2.43. The summed E-state index contributed by atoms with van der Waals surface area (Å²) in [6, 6.07) is 7.70. The van der Waals surface area contributed by atoms with Crippen LogP contribution in [0.15, 0.2) is 24.3 Å². The van der Waals surface area contributed by atoms with Gasteiger partial charge in [-0.25, -0.2) is 0 Å². The van der Waals surface area contributed by atoms with E-state index in [0.717, 1.165) is 5.56 Å². The summed E-state index contributed by atoms with van der Waals surface area (Å²) >= 11 is 0. The first-order valence-electron chi connectivity index (χ1n) is 6.48. The van der Waals surface area contributed by atoms with Gasteiger partial charge in [0.15, 0.2) is 0 Å². The van der Waals surface area contributed by atoms with Gasteiger partial charge in [-0.1, -0.05) is 12.1 Å². The number of methoxy groups -OCH3 is 1. The lowest BCUT2D eigenvalue weighted by atomic mass is 10.1. The quantitative estimate of drug-likeness (QED) is 0.831. The van der Waals surface area contributed by atoms with Gasteiger partial charge in [0.05, 0.1) is 0 Å². The standard InChI is InChI=1S/C15H24N2O2/c1-11(2)17(14(18)15(3,4)19-5)10-12-7-6-8-13(16)9-12/h6-9,11H,10,16H2,1-5H3. The molecule has 106 valence electrons. The topological polar surface area (TPSA) is 55.6 Å². The van der Waals surface area contributed by atoms with E-state index in [1.807, 2.05) is 38.1 Å². The van der Waals surface area contributed by atoms with Crippen molar-refractivity contribution in [3.63, 3.8) is 0 Å². The highest BCUT2D eigenvalue weighted by atomic mass is 16.5. The van der Waals surface area contributed by atoms with E-state index in [-0.39, 0.29) is 11.9 Å². The van der Waals surface area contributed by atoms with Crippen LogP contribution in [0.4, 0.5) is 5.69 Å². The highest BCUT2D eigenvalue weighted by molar-refractivity contribution is 5.84. The second-order valence-electron chi connectivity index (χ2n) is 5.49. The molecular weight excluding hydrogens is 240 g/mol. The van der Waals surface area contributed by atoms with Crippen LogP contribution < -0.4 is 5.73 Å². The molecule has 0 radical (unpaired) electrons. The molecule has 0 spiro atoms. The second-order valence-corrected chi connectivity index (χ2v) is 5.49. The van der Waals surface area contributed by atoms with Crippen LogP contribution in [-0.4, -0.2) is 29.6 Å². The van der Waals surface area contributed by atoms with Crippen molar-refractivity contribution in [2.75, 3.05) is 12.8 Å². The lowest BCUT2D eigenvalue weighted by molar-refractivity contribution is -0.153. The van der Waals surface area contributed by atoms with E-state index in [2.05, 4.69) is 0 Å². The SMILES string of the molecule is COC(C)(C)C(=O)N(Cc1cccc(N)c1)C(C)C. The van der Waals surface area contributed by atoms with Gasteiger partial charge in [0, 0.05) is 25.4 Å². The van der Waals surface area contributed by atoms with Gasteiger partial charge < -0.3 is 15.4 Å². The summed E-state index contributed by atoms with van der Waals surface area (Å²) in [5, 5.41) is 0. The van der Waals surface area contributed by atoms with Crippen LogP contribution in [0.25, 0.3) is 0 Å². The molecule has 0 heterocycles. The number of carbonyl (C=O) groups is 1. The first-order chi connectivity index (χ1) is 8.77. The first kappa shape index (κ1) is 15.5. The number of benzene rings is 1. The Morgan fingerprint density at radius 1 is 1.42 bits per heavy atom. The molecule has 0 aliphatic carbocycles. The summed E-state index contributed by atoms with van der Waals surface area (Å²) < 4.78 is 5.28. The summed E-state index contributed by atoms with van der Waals surface area (Å²) in [6.07, 6.45) is 0. The molecule has 0 bridgehead atoms. The van der Waals surface area contributed by atoms with E-state index in [0.29, 0.717) is 12.2 Å². The molecule has 0 fully saturated rings. The highest BCUT2D eigenvalue weighted by Gasteiger charge is 2.33. The maximum atomic E-state index is 12.5. The number of hydrogen-bond donors (Lipinski definition) is 1. The van der Waals surface area contributed by atoms with Crippen LogP contribution in [0.2, 0.25) is 0 Å². The molecule has 1 amide bonds. The molecule has 1 aromatic carbocycles. The Bertz CT molecular complexity index is 442. The maximum absolute atomic E-state index is 12.5. The molecule has 0 aliphatic heterocycles. The normalized spacial score (nSPS) is 11.7. The number of hydrogen-bond acceptors (Lipinski definition) is 3. The number of nitrogens with two attached hydrogens (primary N) is 1. The van der Waals surface area contributed by atoms with Gasteiger partial charge in [-0.05, 0) is 45.4 Å². The van der Waals surface area contributed by atoms with Gasteiger partial charge in [0.2, 0.25) is 0 Å². The monoisotopic (exact) mass is 264 g/mol. The number of rotatable bonds is 5. The minimum absolute atomic E-state index is 0.0209. The maximum Gasteiger partial charge on any atom is 0.254 e. The average molecular weight is 264 g/mol. The summed E-state index contributed by atoms with van der Waals surface area (Å²) in [4.78, 5) is 14.3. The van der Waals surface area contributed by atoms with E-state index in [9.17, 15) is 4.79 Å². The molecule has 4 nitrogen and oxygen atoms in total. The smallest absolute Gasteiger partial charge is 0.254 e. The highest BCUT2D eigenvalue weighted by Crippen LogP contribution is 2.18. The Balaban J connectivity index is 2.94. The summed E-state index contributed by atoms with van der Waals surface area (Å²) in [7, 11) is 1.55. The van der Waals surface area contributed by atoms with Crippen molar-refractivity contribution < 1.29 is 9.53 Å². The molecule has 0 unspecified atom stereocenters. The van der Waals surface area contributed by atoms with Crippen molar-refractivity contribution in [3.8, 4) is 0 Å². The number of anilines is 1. The zero-order chi connectivity index (χ0) is 14.6. The third-order valence-corrected chi connectivity index (χ3v) is 3.21. The number of nitrogens with zero attached hydrogens (tertiary/aromatic N) is 1. The van der Waals surface area contributed by atoms with Gasteiger partial charge in [-0.3, -0.25) is 4.79 Å². The Morgan fingerprint density at radius 2 is 2.05 bits per heavy atom. The van der Waals surface area contributed by atoms with Gasteiger partial charge in [0.25, 0.3) is 5.91 Å². The fraction of sp³-hybridized carbons (Fsp3) is 0.533. The molecule has 0 saturated carbocycles. The molecule has 0 aromatic heterocycles. The molecule has 1 rings (SSSR count). The van der Waals surface area contributed by atoms with E-state index in [1.165, 1.54) is 0 Å². The number of carbonyl (C=O) groups excluding carboxylic acids is 1. The molecule has 0 aliphatic rings. The van der Waals surface area contributed by atoms with Crippen molar-refractivity contribution in [3.05, 3.63) is 29.8 Å². The van der Waals surface area contributed by atoms with Crippen LogP contribution in [0.5, 0.6) is 0 Å².